The van der Waals surface area contributed by atoms with Crippen LogP contribution >= 0.6 is 0 Å². The highest BCUT2D eigenvalue weighted by atomic mass is 32.2. The molecular formula is C17H20N2O2S. The SMILES string of the molecule is CC(=NNS(=O)(=O)c1c(C)cc(C)cc1C)c1ccccc1. The van der Waals surface area contributed by atoms with E-state index < -0.39 is 10.0 Å². The van der Waals surface area contributed by atoms with Crippen LogP contribution in [0.15, 0.2) is 52.5 Å². The van der Waals surface area contributed by atoms with E-state index in [1.165, 1.54) is 0 Å². The Balaban J connectivity index is 2.33. The Hall–Kier alpha value is -2.14. The minimum Gasteiger partial charge on any atom is -0.200 e. The first kappa shape index (κ1) is 16.2. The molecule has 1 N–H and O–H groups in total. The number of nitrogens with zero attached hydrogens (tertiary/aromatic N) is 1. The van der Waals surface area contributed by atoms with Gasteiger partial charge in [-0.05, 0) is 44.4 Å². The van der Waals surface area contributed by atoms with Gasteiger partial charge in [-0.1, -0.05) is 48.0 Å². The summed E-state index contributed by atoms with van der Waals surface area (Å²) in [5, 5.41) is 4.03. The molecule has 0 radical (unpaired) electrons. The number of rotatable bonds is 4. The Kier molecular flexibility index (Phi) is 4.66. The van der Waals surface area contributed by atoms with E-state index >= 15 is 0 Å². The maximum absolute atomic E-state index is 12.5. The van der Waals surface area contributed by atoms with Crippen molar-refractivity contribution in [2.45, 2.75) is 32.6 Å². The third-order valence-electron chi connectivity index (χ3n) is 3.40. The first-order chi connectivity index (χ1) is 10.3. The van der Waals surface area contributed by atoms with E-state index in [0.717, 1.165) is 22.3 Å². The summed E-state index contributed by atoms with van der Waals surface area (Å²) in [7, 11) is -3.68. The molecule has 2 rings (SSSR count). The minimum atomic E-state index is -3.68. The molecule has 0 saturated carbocycles. The van der Waals surface area contributed by atoms with Gasteiger partial charge in [-0.15, -0.1) is 0 Å². The molecule has 0 fully saturated rings. The maximum atomic E-state index is 12.5. The molecule has 0 saturated heterocycles. The Morgan fingerprint density at radius 2 is 1.55 bits per heavy atom. The quantitative estimate of drug-likeness (QED) is 0.695. The fraction of sp³-hybridized carbons (Fsp3) is 0.235. The highest BCUT2D eigenvalue weighted by Crippen LogP contribution is 2.21. The summed E-state index contributed by atoms with van der Waals surface area (Å²) in [6.07, 6.45) is 0. The lowest BCUT2D eigenvalue weighted by atomic mass is 10.1. The highest BCUT2D eigenvalue weighted by molar-refractivity contribution is 7.89. The highest BCUT2D eigenvalue weighted by Gasteiger charge is 2.19. The molecule has 0 aromatic heterocycles. The summed E-state index contributed by atoms with van der Waals surface area (Å²) in [6, 6.07) is 13.2. The van der Waals surface area contributed by atoms with Crippen molar-refractivity contribution >= 4 is 15.7 Å². The van der Waals surface area contributed by atoms with E-state index in [0.29, 0.717) is 10.6 Å². The fourth-order valence-electron chi connectivity index (χ4n) is 2.51. The van der Waals surface area contributed by atoms with Crippen molar-refractivity contribution < 1.29 is 8.42 Å². The van der Waals surface area contributed by atoms with Gasteiger partial charge in [-0.25, -0.2) is 0 Å². The standard InChI is InChI=1S/C17H20N2O2S/c1-12-10-13(2)17(14(3)11-12)22(20,21)19-18-15(4)16-8-6-5-7-9-16/h5-11,19H,1-4H3. The fourth-order valence-corrected chi connectivity index (χ4v) is 3.82. The second kappa shape index (κ2) is 6.32. The molecule has 0 aliphatic heterocycles. The van der Waals surface area contributed by atoms with Crippen molar-refractivity contribution in [2.24, 2.45) is 5.10 Å². The molecule has 5 heteroatoms. The van der Waals surface area contributed by atoms with Crippen LogP contribution in [0.4, 0.5) is 0 Å². The first-order valence-corrected chi connectivity index (χ1v) is 8.49. The van der Waals surface area contributed by atoms with Crippen LogP contribution in [0.25, 0.3) is 0 Å². The van der Waals surface area contributed by atoms with Gasteiger partial charge in [0.15, 0.2) is 0 Å². The second-order valence-corrected chi connectivity index (χ2v) is 6.98. The summed E-state index contributed by atoms with van der Waals surface area (Å²) in [5.74, 6) is 0. The third-order valence-corrected chi connectivity index (χ3v) is 4.91. The van der Waals surface area contributed by atoms with Crippen LogP contribution < -0.4 is 4.83 Å². The first-order valence-electron chi connectivity index (χ1n) is 7.00. The Bertz CT molecular complexity index is 787. The molecule has 0 unspecified atom stereocenters. The van der Waals surface area contributed by atoms with Crippen molar-refractivity contribution in [2.75, 3.05) is 0 Å². The van der Waals surface area contributed by atoms with Gasteiger partial charge in [-0.3, -0.25) is 0 Å². The second-order valence-electron chi connectivity index (χ2n) is 5.39. The molecule has 0 spiro atoms. The summed E-state index contributed by atoms with van der Waals surface area (Å²) in [4.78, 5) is 2.63. The monoisotopic (exact) mass is 316 g/mol. The van der Waals surface area contributed by atoms with Crippen molar-refractivity contribution in [3.63, 3.8) is 0 Å². The minimum absolute atomic E-state index is 0.294. The van der Waals surface area contributed by atoms with E-state index in [-0.39, 0.29) is 0 Å². The van der Waals surface area contributed by atoms with E-state index in [4.69, 9.17) is 0 Å². The molecule has 2 aromatic rings. The topological polar surface area (TPSA) is 58.5 Å². The largest absolute Gasteiger partial charge is 0.277 e. The molecule has 0 amide bonds. The van der Waals surface area contributed by atoms with E-state index in [1.807, 2.05) is 49.4 Å². The van der Waals surface area contributed by atoms with Gasteiger partial charge in [0.25, 0.3) is 10.0 Å². The average Bonchev–Trinajstić information content (AvgIpc) is 2.44. The van der Waals surface area contributed by atoms with Gasteiger partial charge in [0.2, 0.25) is 0 Å². The number of sulfonamides is 1. The molecule has 0 aliphatic carbocycles. The number of hydrogen-bond acceptors (Lipinski definition) is 3. The van der Waals surface area contributed by atoms with Gasteiger partial charge in [-0.2, -0.15) is 18.4 Å². The lowest BCUT2D eigenvalue weighted by Crippen LogP contribution is -2.22. The Morgan fingerprint density at radius 1 is 1.00 bits per heavy atom. The summed E-state index contributed by atoms with van der Waals surface area (Å²) < 4.78 is 25.0. The average molecular weight is 316 g/mol. The van der Waals surface area contributed by atoms with Crippen molar-refractivity contribution in [1.29, 1.82) is 0 Å². The summed E-state index contributed by atoms with van der Waals surface area (Å²) in [6.45, 7) is 7.30. The van der Waals surface area contributed by atoms with Crippen LogP contribution in [0.2, 0.25) is 0 Å². The number of nitrogens with one attached hydrogen (secondary N) is 1. The van der Waals surface area contributed by atoms with Gasteiger partial charge in [0, 0.05) is 0 Å². The van der Waals surface area contributed by atoms with Crippen LogP contribution in [0.3, 0.4) is 0 Å². The van der Waals surface area contributed by atoms with Gasteiger partial charge in [0.1, 0.15) is 0 Å². The maximum Gasteiger partial charge on any atom is 0.277 e. The van der Waals surface area contributed by atoms with Crippen LogP contribution in [0, 0.1) is 20.8 Å². The molecule has 0 atom stereocenters. The van der Waals surface area contributed by atoms with Crippen LogP contribution in [0.1, 0.15) is 29.2 Å². The molecule has 0 aliphatic rings. The number of hydrazone groups is 1. The molecule has 116 valence electrons. The lowest BCUT2D eigenvalue weighted by Gasteiger charge is -2.12. The van der Waals surface area contributed by atoms with E-state index in [1.54, 1.807) is 20.8 Å². The zero-order valence-corrected chi connectivity index (χ0v) is 14.0. The van der Waals surface area contributed by atoms with Crippen molar-refractivity contribution in [3.8, 4) is 0 Å². The van der Waals surface area contributed by atoms with Crippen LogP contribution in [-0.2, 0) is 10.0 Å². The number of benzene rings is 2. The van der Waals surface area contributed by atoms with Gasteiger partial charge >= 0.3 is 0 Å². The predicted octanol–water partition coefficient (Wildman–Crippen LogP) is 3.31. The Morgan fingerprint density at radius 3 is 2.09 bits per heavy atom. The molecule has 2 aromatic carbocycles. The van der Waals surface area contributed by atoms with Gasteiger partial charge < -0.3 is 0 Å². The summed E-state index contributed by atoms with van der Waals surface area (Å²) in [5.41, 5.74) is 3.97. The molecule has 22 heavy (non-hydrogen) atoms. The van der Waals surface area contributed by atoms with Crippen LogP contribution in [-0.4, -0.2) is 14.1 Å². The zero-order chi connectivity index (χ0) is 16.3. The smallest absolute Gasteiger partial charge is 0.200 e. The molecule has 0 bridgehead atoms. The number of hydrogen-bond donors (Lipinski definition) is 1. The van der Waals surface area contributed by atoms with Crippen molar-refractivity contribution in [3.05, 3.63) is 64.7 Å². The van der Waals surface area contributed by atoms with Crippen molar-refractivity contribution in [1.82, 2.24) is 4.83 Å². The third kappa shape index (κ3) is 3.54. The summed E-state index contributed by atoms with van der Waals surface area (Å²) >= 11 is 0. The van der Waals surface area contributed by atoms with Gasteiger partial charge in [0.05, 0.1) is 10.6 Å². The molecular weight excluding hydrogens is 296 g/mol. The van der Waals surface area contributed by atoms with Crippen LogP contribution in [0.5, 0.6) is 0 Å². The molecule has 4 nitrogen and oxygen atoms in total. The number of aryl methyl sites for hydroxylation is 3. The molecule has 0 heterocycles. The van der Waals surface area contributed by atoms with E-state index in [9.17, 15) is 8.42 Å². The lowest BCUT2D eigenvalue weighted by molar-refractivity contribution is 0.583. The Labute approximate surface area is 131 Å². The predicted molar refractivity (Wildman–Crippen MR) is 89.6 cm³/mol. The van der Waals surface area contributed by atoms with E-state index in [2.05, 4.69) is 9.93 Å². The normalized spacial score (nSPS) is 12.3. The zero-order valence-electron chi connectivity index (χ0n) is 13.2.